The van der Waals surface area contributed by atoms with Crippen molar-refractivity contribution in [1.82, 2.24) is 15.5 Å². The van der Waals surface area contributed by atoms with Crippen LogP contribution in [0, 0.1) is 0 Å². The molecule has 1 fully saturated rings. The average Bonchev–Trinajstić information content (AvgIpc) is 3.04. The van der Waals surface area contributed by atoms with Crippen LogP contribution in [-0.4, -0.2) is 36.1 Å². The zero-order valence-electron chi connectivity index (χ0n) is 10.1. The van der Waals surface area contributed by atoms with Gasteiger partial charge in [0.15, 0.2) is 9.84 Å². The minimum absolute atomic E-state index is 0.0331. The van der Waals surface area contributed by atoms with Gasteiger partial charge in [-0.2, -0.15) is 4.98 Å². The van der Waals surface area contributed by atoms with Gasteiger partial charge in [-0.25, -0.2) is 8.42 Å². The predicted octanol–water partition coefficient (Wildman–Crippen LogP) is 0.606. The molecule has 2 aromatic rings. The van der Waals surface area contributed by atoms with Gasteiger partial charge in [0.1, 0.15) is 6.26 Å². The molecule has 1 N–H and O–H groups in total. The van der Waals surface area contributed by atoms with Crippen molar-refractivity contribution in [3.8, 4) is 11.4 Å². The summed E-state index contributed by atoms with van der Waals surface area (Å²) in [6.45, 7) is 0.366. The van der Waals surface area contributed by atoms with E-state index in [1.807, 2.05) is 0 Å². The van der Waals surface area contributed by atoms with E-state index in [4.69, 9.17) is 8.94 Å². The predicted molar refractivity (Wildman–Crippen MR) is 65.9 cm³/mol. The minimum atomic E-state index is -2.87. The normalized spacial score (nSPS) is 21.8. The molecule has 1 aliphatic heterocycles. The molecule has 0 aromatic carbocycles. The Morgan fingerprint density at radius 3 is 3.05 bits per heavy atom. The van der Waals surface area contributed by atoms with E-state index in [9.17, 15) is 8.42 Å². The van der Waals surface area contributed by atoms with Crippen molar-refractivity contribution in [2.75, 3.05) is 11.5 Å². The maximum atomic E-state index is 11.3. The molecular formula is C11H13N3O4S. The molecule has 19 heavy (non-hydrogen) atoms. The van der Waals surface area contributed by atoms with Crippen LogP contribution in [0.5, 0.6) is 0 Å². The first-order valence-corrected chi connectivity index (χ1v) is 7.73. The molecule has 0 bridgehead atoms. The molecule has 0 amide bonds. The third-order valence-corrected chi connectivity index (χ3v) is 4.79. The first kappa shape index (κ1) is 12.4. The summed E-state index contributed by atoms with van der Waals surface area (Å²) in [6, 6.07) is 1.71. The van der Waals surface area contributed by atoms with Crippen LogP contribution in [0.2, 0.25) is 0 Å². The topological polar surface area (TPSA) is 98.2 Å². The molecule has 0 spiro atoms. The van der Waals surface area contributed by atoms with E-state index in [1.54, 1.807) is 6.07 Å². The van der Waals surface area contributed by atoms with Crippen molar-refractivity contribution in [3.63, 3.8) is 0 Å². The van der Waals surface area contributed by atoms with Crippen LogP contribution in [0.4, 0.5) is 0 Å². The Bertz CT molecular complexity index is 647. The molecule has 3 rings (SSSR count). The lowest BCUT2D eigenvalue weighted by atomic mass is 10.2. The molecule has 1 atom stereocenters. The Morgan fingerprint density at radius 2 is 2.37 bits per heavy atom. The van der Waals surface area contributed by atoms with Gasteiger partial charge in [-0.15, -0.1) is 0 Å². The third kappa shape index (κ3) is 2.85. The molecule has 2 aromatic heterocycles. The van der Waals surface area contributed by atoms with Gasteiger partial charge in [-0.1, -0.05) is 5.16 Å². The van der Waals surface area contributed by atoms with Gasteiger partial charge < -0.3 is 14.3 Å². The Labute approximate surface area is 109 Å². The van der Waals surface area contributed by atoms with E-state index in [-0.39, 0.29) is 17.5 Å². The Balaban J connectivity index is 1.59. The molecule has 102 valence electrons. The zero-order chi connectivity index (χ0) is 13.3. The van der Waals surface area contributed by atoms with Gasteiger partial charge in [0, 0.05) is 6.04 Å². The fourth-order valence-corrected chi connectivity index (χ4v) is 3.73. The smallest absolute Gasteiger partial charge is 0.240 e. The lowest BCUT2D eigenvalue weighted by Gasteiger charge is -2.06. The highest BCUT2D eigenvalue weighted by atomic mass is 32.2. The van der Waals surface area contributed by atoms with Crippen molar-refractivity contribution in [1.29, 1.82) is 0 Å². The summed E-state index contributed by atoms with van der Waals surface area (Å²) in [7, 11) is -2.87. The summed E-state index contributed by atoms with van der Waals surface area (Å²) in [5, 5.41) is 6.94. The van der Waals surface area contributed by atoms with E-state index in [0.29, 0.717) is 24.7 Å². The van der Waals surface area contributed by atoms with Crippen molar-refractivity contribution < 1.29 is 17.4 Å². The second kappa shape index (κ2) is 4.78. The van der Waals surface area contributed by atoms with E-state index in [1.165, 1.54) is 12.5 Å². The standard InChI is InChI=1S/C11H13N3O4S/c15-19(16)4-2-9(7-19)12-5-10-13-11(14-18-10)8-1-3-17-6-8/h1,3,6,9,12H,2,4-5,7H2. The fourth-order valence-electron chi connectivity index (χ4n) is 2.02. The van der Waals surface area contributed by atoms with Crippen LogP contribution in [0.1, 0.15) is 12.3 Å². The van der Waals surface area contributed by atoms with Crippen molar-refractivity contribution in [2.24, 2.45) is 0 Å². The fraction of sp³-hybridized carbons (Fsp3) is 0.455. The maximum absolute atomic E-state index is 11.3. The Hall–Kier alpha value is -1.67. The highest BCUT2D eigenvalue weighted by Crippen LogP contribution is 2.16. The van der Waals surface area contributed by atoms with Crippen molar-refractivity contribution in [3.05, 3.63) is 24.5 Å². The Morgan fingerprint density at radius 1 is 1.47 bits per heavy atom. The lowest BCUT2D eigenvalue weighted by Crippen LogP contribution is -2.29. The Kier molecular flexibility index (Phi) is 3.11. The van der Waals surface area contributed by atoms with Crippen LogP contribution in [0.3, 0.4) is 0 Å². The SMILES string of the molecule is O=S1(=O)CCC(NCc2nc(-c3ccoc3)no2)C1. The quantitative estimate of drug-likeness (QED) is 0.877. The van der Waals surface area contributed by atoms with Crippen LogP contribution in [0.25, 0.3) is 11.4 Å². The summed E-state index contributed by atoms with van der Waals surface area (Å²) in [6.07, 6.45) is 3.70. The lowest BCUT2D eigenvalue weighted by molar-refractivity contribution is 0.360. The van der Waals surface area contributed by atoms with Crippen LogP contribution in [0.15, 0.2) is 27.5 Å². The summed E-state index contributed by atoms with van der Waals surface area (Å²) < 4.78 is 32.6. The number of rotatable bonds is 4. The summed E-state index contributed by atoms with van der Waals surface area (Å²) in [5.74, 6) is 1.31. The number of aromatic nitrogens is 2. The van der Waals surface area contributed by atoms with Crippen molar-refractivity contribution >= 4 is 9.84 Å². The van der Waals surface area contributed by atoms with Crippen LogP contribution < -0.4 is 5.32 Å². The van der Waals surface area contributed by atoms with Gasteiger partial charge in [-0.3, -0.25) is 0 Å². The van der Waals surface area contributed by atoms with E-state index >= 15 is 0 Å². The summed E-state index contributed by atoms with van der Waals surface area (Å²) in [4.78, 5) is 4.20. The van der Waals surface area contributed by atoms with Gasteiger partial charge in [0.2, 0.25) is 11.7 Å². The molecule has 8 heteroatoms. The van der Waals surface area contributed by atoms with Gasteiger partial charge in [-0.05, 0) is 12.5 Å². The second-order valence-corrected chi connectivity index (χ2v) is 6.73. The van der Waals surface area contributed by atoms with E-state index in [0.717, 1.165) is 5.56 Å². The largest absolute Gasteiger partial charge is 0.472 e. The molecule has 3 heterocycles. The highest BCUT2D eigenvalue weighted by Gasteiger charge is 2.27. The summed E-state index contributed by atoms with van der Waals surface area (Å²) in [5.41, 5.74) is 0.749. The number of nitrogens with zero attached hydrogens (tertiary/aromatic N) is 2. The van der Waals surface area contributed by atoms with E-state index < -0.39 is 9.84 Å². The number of furan rings is 1. The number of sulfone groups is 1. The first-order valence-electron chi connectivity index (χ1n) is 5.91. The van der Waals surface area contributed by atoms with Gasteiger partial charge in [0.05, 0.1) is 29.9 Å². The van der Waals surface area contributed by atoms with Crippen LogP contribution >= 0.6 is 0 Å². The molecule has 1 saturated heterocycles. The third-order valence-electron chi connectivity index (χ3n) is 3.02. The highest BCUT2D eigenvalue weighted by molar-refractivity contribution is 7.91. The maximum Gasteiger partial charge on any atom is 0.240 e. The molecular weight excluding hydrogens is 270 g/mol. The molecule has 0 aliphatic carbocycles. The minimum Gasteiger partial charge on any atom is -0.472 e. The van der Waals surface area contributed by atoms with Crippen molar-refractivity contribution in [2.45, 2.75) is 19.0 Å². The first-order chi connectivity index (χ1) is 9.12. The molecule has 1 aliphatic rings. The monoisotopic (exact) mass is 283 g/mol. The number of hydrogen-bond donors (Lipinski definition) is 1. The molecule has 0 radical (unpaired) electrons. The second-order valence-electron chi connectivity index (χ2n) is 4.50. The number of hydrogen-bond acceptors (Lipinski definition) is 7. The van der Waals surface area contributed by atoms with Gasteiger partial charge in [0.25, 0.3) is 0 Å². The number of nitrogens with one attached hydrogen (secondary N) is 1. The molecule has 7 nitrogen and oxygen atoms in total. The van der Waals surface area contributed by atoms with E-state index in [2.05, 4.69) is 15.5 Å². The zero-order valence-corrected chi connectivity index (χ0v) is 10.9. The van der Waals surface area contributed by atoms with Crippen LogP contribution in [-0.2, 0) is 16.4 Å². The van der Waals surface area contributed by atoms with Gasteiger partial charge >= 0.3 is 0 Å². The molecule has 1 unspecified atom stereocenters. The average molecular weight is 283 g/mol. The molecule has 0 saturated carbocycles. The summed E-state index contributed by atoms with van der Waals surface area (Å²) >= 11 is 0.